The largest absolute Gasteiger partial charge is 0.343 e. The second kappa shape index (κ2) is 7.13. The van der Waals surface area contributed by atoms with Crippen molar-refractivity contribution in [3.63, 3.8) is 0 Å². The second-order valence-electron chi connectivity index (χ2n) is 6.07. The lowest BCUT2D eigenvalue weighted by Crippen LogP contribution is -2.38. The minimum absolute atomic E-state index is 0.388. The summed E-state index contributed by atoms with van der Waals surface area (Å²) in [5.74, 6) is 1.20. The molecule has 104 valence electrons. The smallest absolute Gasteiger partial charge is 0.222 e. The monoisotopic (exact) mass is 252 g/mol. The zero-order valence-electron chi connectivity index (χ0n) is 11.9. The Balaban J connectivity index is 1.59. The minimum Gasteiger partial charge on any atom is -0.343 e. The van der Waals surface area contributed by atoms with Crippen LogP contribution in [-0.2, 0) is 4.79 Å². The summed E-state index contributed by atoms with van der Waals surface area (Å²) < 4.78 is 0. The van der Waals surface area contributed by atoms with E-state index >= 15 is 0 Å². The molecule has 2 saturated heterocycles. The van der Waals surface area contributed by atoms with Gasteiger partial charge >= 0.3 is 0 Å². The summed E-state index contributed by atoms with van der Waals surface area (Å²) in [5, 5.41) is 0. The fourth-order valence-electron chi connectivity index (χ4n) is 3.05. The first-order valence-corrected chi connectivity index (χ1v) is 7.76. The lowest BCUT2D eigenvalue weighted by molar-refractivity contribution is -0.132. The van der Waals surface area contributed by atoms with Crippen molar-refractivity contribution < 1.29 is 4.79 Å². The van der Waals surface area contributed by atoms with Crippen molar-refractivity contribution >= 4 is 5.91 Å². The fourth-order valence-corrected chi connectivity index (χ4v) is 3.05. The molecule has 2 aliphatic rings. The maximum atomic E-state index is 12.1. The third-order valence-corrected chi connectivity index (χ3v) is 4.45. The molecule has 2 rings (SSSR count). The van der Waals surface area contributed by atoms with E-state index in [0.29, 0.717) is 5.91 Å². The number of amides is 1. The van der Waals surface area contributed by atoms with Crippen molar-refractivity contribution in [3.05, 3.63) is 0 Å². The zero-order chi connectivity index (χ0) is 12.8. The highest BCUT2D eigenvalue weighted by Gasteiger charge is 2.20. The number of carbonyl (C=O) groups excluding carboxylic acids is 1. The van der Waals surface area contributed by atoms with Crippen LogP contribution in [0, 0.1) is 5.92 Å². The van der Waals surface area contributed by atoms with Gasteiger partial charge in [-0.15, -0.1) is 0 Å². The topological polar surface area (TPSA) is 23.6 Å². The Labute approximate surface area is 112 Å². The molecular weight excluding hydrogens is 224 g/mol. The molecule has 0 saturated carbocycles. The fraction of sp³-hybridized carbons (Fsp3) is 0.933. The Hall–Kier alpha value is -0.570. The molecule has 2 aliphatic heterocycles. The summed E-state index contributed by atoms with van der Waals surface area (Å²) in [7, 11) is 0. The van der Waals surface area contributed by atoms with Gasteiger partial charge in [0.1, 0.15) is 0 Å². The van der Waals surface area contributed by atoms with Gasteiger partial charge in [-0.1, -0.05) is 13.3 Å². The molecule has 2 fully saturated rings. The van der Waals surface area contributed by atoms with Crippen LogP contribution in [0.5, 0.6) is 0 Å². The van der Waals surface area contributed by atoms with E-state index in [9.17, 15) is 4.79 Å². The van der Waals surface area contributed by atoms with E-state index in [1.807, 2.05) is 0 Å². The number of hydrogen-bond donors (Lipinski definition) is 0. The number of rotatable bonds is 4. The van der Waals surface area contributed by atoms with Gasteiger partial charge in [0, 0.05) is 19.5 Å². The van der Waals surface area contributed by atoms with Crippen molar-refractivity contribution in [1.29, 1.82) is 0 Å². The molecule has 18 heavy (non-hydrogen) atoms. The molecule has 0 bridgehead atoms. The molecule has 0 atom stereocenters. The molecule has 1 amide bonds. The van der Waals surface area contributed by atoms with Crippen LogP contribution in [0.25, 0.3) is 0 Å². The zero-order valence-corrected chi connectivity index (χ0v) is 11.9. The molecule has 0 aliphatic carbocycles. The molecule has 0 aromatic heterocycles. The summed E-state index contributed by atoms with van der Waals surface area (Å²) >= 11 is 0. The third-order valence-electron chi connectivity index (χ3n) is 4.45. The Morgan fingerprint density at radius 3 is 2.39 bits per heavy atom. The van der Waals surface area contributed by atoms with Gasteiger partial charge < -0.3 is 9.80 Å². The van der Waals surface area contributed by atoms with E-state index in [4.69, 9.17) is 0 Å². The van der Waals surface area contributed by atoms with Crippen LogP contribution >= 0.6 is 0 Å². The van der Waals surface area contributed by atoms with E-state index in [-0.39, 0.29) is 0 Å². The van der Waals surface area contributed by atoms with Gasteiger partial charge in [0.15, 0.2) is 0 Å². The highest BCUT2D eigenvalue weighted by atomic mass is 16.2. The molecule has 3 nitrogen and oxygen atoms in total. The minimum atomic E-state index is 0.388. The maximum absolute atomic E-state index is 12.1. The van der Waals surface area contributed by atoms with Crippen LogP contribution in [0.1, 0.15) is 51.9 Å². The molecule has 3 heteroatoms. The Morgan fingerprint density at radius 1 is 1.06 bits per heavy atom. The average Bonchev–Trinajstić information content (AvgIpc) is 2.40. The molecule has 0 aromatic rings. The third kappa shape index (κ3) is 4.27. The van der Waals surface area contributed by atoms with Crippen molar-refractivity contribution in [2.45, 2.75) is 51.9 Å². The van der Waals surface area contributed by atoms with Crippen molar-refractivity contribution in [1.82, 2.24) is 9.80 Å². The average molecular weight is 252 g/mol. The van der Waals surface area contributed by atoms with Crippen molar-refractivity contribution in [2.24, 2.45) is 5.92 Å². The number of likely N-dealkylation sites (tertiary alicyclic amines) is 2. The second-order valence-corrected chi connectivity index (χ2v) is 6.07. The number of nitrogens with zero attached hydrogens (tertiary/aromatic N) is 2. The van der Waals surface area contributed by atoms with Gasteiger partial charge in [-0.25, -0.2) is 0 Å². The van der Waals surface area contributed by atoms with E-state index in [1.54, 1.807) is 0 Å². The molecule has 2 heterocycles. The van der Waals surface area contributed by atoms with Crippen LogP contribution in [-0.4, -0.2) is 48.4 Å². The summed E-state index contributed by atoms with van der Waals surface area (Å²) in [6, 6.07) is 0. The maximum Gasteiger partial charge on any atom is 0.222 e. The summed E-state index contributed by atoms with van der Waals surface area (Å²) in [6.07, 6.45) is 8.27. The normalized spacial score (nSPS) is 23.3. The van der Waals surface area contributed by atoms with Crippen molar-refractivity contribution in [2.75, 3.05) is 32.7 Å². The SMILES string of the molecule is CC1CCN(C(=O)CCCN2CCCCC2)CC1. The van der Waals surface area contributed by atoms with Gasteiger partial charge in [-0.05, 0) is 57.7 Å². The Kier molecular flexibility index (Phi) is 5.48. The number of hydrogen-bond acceptors (Lipinski definition) is 2. The van der Waals surface area contributed by atoms with Crippen molar-refractivity contribution in [3.8, 4) is 0 Å². The summed E-state index contributed by atoms with van der Waals surface area (Å²) in [4.78, 5) is 16.7. The molecule has 0 spiro atoms. The van der Waals surface area contributed by atoms with Gasteiger partial charge in [0.05, 0.1) is 0 Å². The molecule has 0 radical (unpaired) electrons. The van der Waals surface area contributed by atoms with Crippen LogP contribution < -0.4 is 0 Å². The Morgan fingerprint density at radius 2 is 1.72 bits per heavy atom. The van der Waals surface area contributed by atoms with E-state index < -0.39 is 0 Å². The predicted molar refractivity (Wildman–Crippen MR) is 74.5 cm³/mol. The van der Waals surface area contributed by atoms with Gasteiger partial charge in [0.2, 0.25) is 5.91 Å². The Bertz CT molecular complexity index is 253. The van der Waals surface area contributed by atoms with E-state index in [1.165, 1.54) is 45.2 Å². The standard InChI is InChI=1S/C15H28N2O/c1-14-7-12-17(13-8-14)15(18)6-5-11-16-9-3-2-4-10-16/h14H,2-13H2,1H3. The van der Waals surface area contributed by atoms with Gasteiger partial charge in [0.25, 0.3) is 0 Å². The van der Waals surface area contributed by atoms with Gasteiger partial charge in [-0.3, -0.25) is 4.79 Å². The van der Waals surface area contributed by atoms with E-state index in [2.05, 4.69) is 16.7 Å². The number of carbonyl (C=O) groups is 1. The highest BCUT2D eigenvalue weighted by molar-refractivity contribution is 5.76. The predicted octanol–water partition coefficient (Wildman–Crippen LogP) is 2.51. The van der Waals surface area contributed by atoms with Crippen LogP contribution in [0.2, 0.25) is 0 Å². The lowest BCUT2D eigenvalue weighted by atomic mass is 9.99. The first-order chi connectivity index (χ1) is 8.75. The molecule has 0 unspecified atom stereocenters. The molecule has 0 N–H and O–H groups in total. The van der Waals surface area contributed by atoms with E-state index in [0.717, 1.165) is 38.4 Å². The van der Waals surface area contributed by atoms with Crippen LogP contribution in [0.15, 0.2) is 0 Å². The number of piperidine rings is 2. The lowest BCUT2D eigenvalue weighted by Gasteiger charge is -2.31. The first-order valence-electron chi connectivity index (χ1n) is 7.76. The summed E-state index contributed by atoms with van der Waals surface area (Å²) in [6.45, 7) is 7.88. The van der Waals surface area contributed by atoms with Crippen LogP contribution in [0.4, 0.5) is 0 Å². The first kappa shape index (κ1) is 13.9. The quantitative estimate of drug-likeness (QED) is 0.767. The van der Waals surface area contributed by atoms with Gasteiger partial charge in [-0.2, -0.15) is 0 Å². The van der Waals surface area contributed by atoms with Crippen LogP contribution in [0.3, 0.4) is 0 Å². The molecular formula is C15H28N2O. The highest BCUT2D eigenvalue weighted by Crippen LogP contribution is 2.17. The summed E-state index contributed by atoms with van der Waals surface area (Å²) in [5.41, 5.74) is 0. The molecule has 0 aromatic carbocycles.